The number of benzene rings is 3. The summed E-state index contributed by atoms with van der Waals surface area (Å²) in [5, 5.41) is 0.816. The first kappa shape index (κ1) is 21.0. The number of hydrogen-bond donors (Lipinski definition) is 0. The maximum absolute atomic E-state index is 12.6. The Morgan fingerprint density at radius 3 is 2.45 bits per heavy atom. The summed E-state index contributed by atoms with van der Waals surface area (Å²) in [5.74, 6) is 0.00864. The van der Waals surface area contributed by atoms with Crippen molar-refractivity contribution in [3.8, 4) is 11.5 Å². The van der Waals surface area contributed by atoms with Crippen molar-refractivity contribution in [1.29, 1.82) is 0 Å². The van der Waals surface area contributed by atoms with E-state index in [1.165, 1.54) is 6.08 Å². The van der Waals surface area contributed by atoms with Crippen molar-refractivity contribution in [3.63, 3.8) is 0 Å². The van der Waals surface area contributed by atoms with E-state index in [0.29, 0.717) is 32.7 Å². The van der Waals surface area contributed by atoms with Gasteiger partial charge in [0.05, 0.1) is 5.56 Å². The van der Waals surface area contributed by atoms with Crippen molar-refractivity contribution in [1.82, 2.24) is 0 Å². The molecule has 3 aromatic rings. The first-order chi connectivity index (χ1) is 15.0. The number of allylic oxidation sites excluding steroid dienone is 1. The second kappa shape index (κ2) is 9.25. The van der Waals surface area contributed by atoms with Gasteiger partial charge in [0.15, 0.2) is 12.4 Å². The lowest BCUT2D eigenvalue weighted by Crippen LogP contribution is -2.14. The highest BCUT2D eigenvalue weighted by Gasteiger charge is 2.28. The molecule has 0 aromatic heterocycles. The highest BCUT2D eigenvalue weighted by atomic mass is 35.5. The molecule has 1 aliphatic heterocycles. The fourth-order valence-electron chi connectivity index (χ4n) is 2.96. The summed E-state index contributed by atoms with van der Waals surface area (Å²) in [6.07, 6.45) is 1.51. The Bertz CT molecular complexity index is 1150. The van der Waals surface area contributed by atoms with E-state index in [9.17, 15) is 9.59 Å². The molecule has 0 amide bonds. The SMILES string of the molecule is O=C(COc1ccc2c(c1)O/C(=C\c1c(Cl)cccc1Cl)C2=O)OCc1ccccc1. The molecule has 7 heteroatoms. The molecule has 0 saturated heterocycles. The summed E-state index contributed by atoms with van der Waals surface area (Å²) in [4.78, 5) is 24.6. The molecule has 156 valence electrons. The summed E-state index contributed by atoms with van der Waals surface area (Å²) < 4.78 is 16.3. The third-order valence-corrected chi connectivity index (χ3v) is 5.18. The van der Waals surface area contributed by atoms with Crippen LogP contribution < -0.4 is 9.47 Å². The van der Waals surface area contributed by atoms with Crippen LogP contribution in [0.4, 0.5) is 0 Å². The van der Waals surface area contributed by atoms with Gasteiger partial charge in [-0.25, -0.2) is 4.79 Å². The Hall–Kier alpha value is -3.28. The van der Waals surface area contributed by atoms with Gasteiger partial charge in [-0.3, -0.25) is 4.79 Å². The normalized spacial score (nSPS) is 13.6. The van der Waals surface area contributed by atoms with Gasteiger partial charge in [0.25, 0.3) is 0 Å². The average Bonchev–Trinajstić information content (AvgIpc) is 3.09. The summed E-state index contributed by atoms with van der Waals surface area (Å²) in [6, 6.07) is 19.1. The number of fused-ring (bicyclic) bond motifs is 1. The Morgan fingerprint density at radius 2 is 1.71 bits per heavy atom. The molecule has 0 bridgehead atoms. The molecule has 0 spiro atoms. The minimum Gasteiger partial charge on any atom is -0.482 e. The highest BCUT2D eigenvalue weighted by Crippen LogP contribution is 2.36. The number of rotatable bonds is 6. The minimum absolute atomic E-state index is 0.101. The zero-order valence-electron chi connectivity index (χ0n) is 16.1. The van der Waals surface area contributed by atoms with Gasteiger partial charge in [0.2, 0.25) is 5.78 Å². The van der Waals surface area contributed by atoms with Crippen LogP contribution in [0.25, 0.3) is 6.08 Å². The average molecular weight is 455 g/mol. The Kier molecular flexibility index (Phi) is 6.26. The molecule has 0 radical (unpaired) electrons. The molecule has 0 unspecified atom stereocenters. The van der Waals surface area contributed by atoms with Crippen LogP contribution in [0.5, 0.6) is 11.5 Å². The van der Waals surface area contributed by atoms with Gasteiger partial charge in [-0.15, -0.1) is 0 Å². The molecular weight excluding hydrogens is 439 g/mol. The van der Waals surface area contributed by atoms with Crippen LogP contribution in [0.3, 0.4) is 0 Å². The molecule has 5 nitrogen and oxygen atoms in total. The van der Waals surface area contributed by atoms with E-state index < -0.39 is 5.97 Å². The van der Waals surface area contributed by atoms with Crippen LogP contribution in [-0.4, -0.2) is 18.4 Å². The Morgan fingerprint density at radius 1 is 0.968 bits per heavy atom. The summed E-state index contributed by atoms with van der Waals surface area (Å²) in [6.45, 7) is -0.0961. The maximum Gasteiger partial charge on any atom is 0.344 e. The van der Waals surface area contributed by atoms with Crippen molar-refractivity contribution < 1.29 is 23.8 Å². The molecule has 0 fully saturated rings. The molecule has 3 aromatic carbocycles. The van der Waals surface area contributed by atoms with E-state index in [0.717, 1.165) is 5.56 Å². The standard InChI is InChI=1S/C24H16Cl2O5/c25-19-7-4-8-20(26)18(19)12-22-24(28)17-10-9-16(11-21(17)31-22)29-14-23(27)30-13-15-5-2-1-3-6-15/h1-12H,13-14H2/b22-12-. The quantitative estimate of drug-likeness (QED) is 0.351. The maximum atomic E-state index is 12.6. The van der Waals surface area contributed by atoms with Gasteiger partial charge in [0, 0.05) is 21.7 Å². The van der Waals surface area contributed by atoms with Gasteiger partial charge in [-0.2, -0.15) is 0 Å². The largest absolute Gasteiger partial charge is 0.482 e. The van der Waals surface area contributed by atoms with Crippen molar-refractivity contribution in [3.05, 3.63) is 99.2 Å². The zero-order chi connectivity index (χ0) is 21.8. The topological polar surface area (TPSA) is 61.8 Å². The molecule has 0 N–H and O–H groups in total. The van der Waals surface area contributed by atoms with Gasteiger partial charge in [-0.05, 0) is 35.9 Å². The number of carbonyl (C=O) groups excluding carboxylic acids is 2. The number of ketones is 1. The number of halogens is 2. The lowest BCUT2D eigenvalue weighted by molar-refractivity contribution is -0.147. The zero-order valence-corrected chi connectivity index (χ0v) is 17.7. The molecular formula is C24H16Cl2O5. The number of esters is 1. The van der Waals surface area contributed by atoms with Gasteiger partial charge < -0.3 is 14.2 Å². The van der Waals surface area contributed by atoms with E-state index in [-0.39, 0.29) is 24.8 Å². The molecule has 0 aliphatic carbocycles. The van der Waals surface area contributed by atoms with E-state index in [1.54, 1.807) is 36.4 Å². The van der Waals surface area contributed by atoms with Crippen LogP contribution >= 0.6 is 23.2 Å². The molecule has 1 heterocycles. The molecule has 31 heavy (non-hydrogen) atoms. The second-order valence-electron chi connectivity index (χ2n) is 6.67. The second-order valence-corrected chi connectivity index (χ2v) is 7.48. The summed E-state index contributed by atoms with van der Waals surface area (Å²) in [5.41, 5.74) is 1.77. The monoisotopic (exact) mass is 454 g/mol. The van der Waals surface area contributed by atoms with Crippen LogP contribution in [0.1, 0.15) is 21.5 Å². The molecule has 1 aliphatic rings. The fourth-order valence-corrected chi connectivity index (χ4v) is 3.47. The van der Waals surface area contributed by atoms with Gasteiger partial charge in [-0.1, -0.05) is 59.6 Å². The van der Waals surface area contributed by atoms with E-state index in [1.807, 2.05) is 30.3 Å². The lowest BCUT2D eigenvalue weighted by atomic mass is 10.1. The number of Topliss-reactive ketones (excluding diaryl/α,β-unsaturated/α-hetero) is 1. The van der Waals surface area contributed by atoms with Crippen LogP contribution in [0.2, 0.25) is 10.0 Å². The van der Waals surface area contributed by atoms with Gasteiger partial charge in [0.1, 0.15) is 18.1 Å². The Labute approximate surface area is 188 Å². The van der Waals surface area contributed by atoms with Crippen LogP contribution in [0, 0.1) is 0 Å². The van der Waals surface area contributed by atoms with Crippen molar-refractivity contribution >= 4 is 41.0 Å². The minimum atomic E-state index is -0.504. The number of carbonyl (C=O) groups is 2. The third-order valence-electron chi connectivity index (χ3n) is 4.52. The van der Waals surface area contributed by atoms with Crippen molar-refractivity contribution in [2.45, 2.75) is 6.61 Å². The first-order valence-electron chi connectivity index (χ1n) is 9.36. The number of ether oxygens (including phenoxy) is 3. The predicted octanol–water partition coefficient (Wildman–Crippen LogP) is 5.73. The first-order valence-corrected chi connectivity index (χ1v) is 10.1. The summed E-state index contributed by atoms with van der Waals surface area (Å²) >= 11 is 12.3. The summed E-state index contributed by atoms with van der Waals surface area (Å²) in [7, 11) is 0. The highest BCUT2D eigenvalue weighted by molar-refractivity contribution is 6.37. The van der Waals surface area contributed by atoms with E-state index >= 15 is 0 Å². The molecule has 0 saturated carbocycles. The van der Waals surface area contributed by atoms with E-state index in [2.05, 4.69) is 0 Å². The number of hydrogen-bond acceptors (Lipinski definition) is 5. The predicted molar refractivity (Wildman–Crippen MR) is 118 cm³/mol. The lowest BCUT2D eigenvalue weighted by Gasteiger charge is -2.08. The van der Waals surface area contributed by atoms with Crippen LogP contribution in [-0.2, 0) is 16.1 Å². The van der Waals surface area contributed by atoms with Crippen molar-refractivity contribution in [2.24, 2.45) is 0 Å². The third kappa shape index (κ3) is 4.90. The van der Waals surface area contributed by atoms with E-state index in [4.69, 9.17) is 37.4 Å². The molecule has 4 rings (SSSR count). The Balaban J connectivity index is 1.40. The molecule has 0 atom stereocenters. The van der Waals surface area contributed by atoms with Crippen molar-refractivity contribution in [2.75, 3.05) is 6.61 Å². The van der Waals surface area contributed by atoms with Gasteiger partial charge >= 0.3 is 5.97 Å². The fraction of sp³-hybridized carbons (Fsp3) is 0.0833. The smallest absolute Gasteiger partial charge is 0.344 e. The van der Waals surface area contributed by atoms with Crippen LogP contribution in [0.15, 0.2) is 72.5 Å².